The van der Waals surface area contributed by atoms with Crippen LogP contribution in [0.15, 0.2) is 18.2 Å². The molecular formula is C13H17BrFNO2. The molecule has 18 heavy (non-hydrogen) atoms. The van der Waals surface area contributed by atoms with Crippen molar-refractivity contribution in [1.29, 1.82) is 0 Å². The van der Waals surface area contributed by atoms with Gasteiger partial charge in [-0.3, -0.25) is 4.79 Å². The highest BCUT2D eigenvalue weighted by Gasteiger charge is 2.21. The van der Waals surface area contributed by atoms with Gasteiger partial charge in [-0.25, -0.2) is 4.39 Å². The van der Waals surface area contributed by atoms with Crippen LogP contribution in [-0.2, 0) is 0 Å². The highest BCUT2D eigenvalue weighted by molar-refractivity contribution is 9.09. The first kappa shape index (κ1) is 15.0. The van der Waals surface area contributed by atoms with Crippen molar-refractivity contribution >= 4 is 21.8 Å². The first-order valence-electron chi connectivity index (χ1n) is 5.71. The Kier molecular flexibility index (Phi) is 5.59. The number of rotatable bonds is 5. The van der Waals surface area contributed by atoms with Crippen LogP contribution in [0.1, 0.15) is 24.2 Å². The van der Waals surface area contributed by atoms with E-state index in [2.05, 4.69) is 15.9 Å². The minimum absolute atomic E-state index is 0.0246. The standard InChI is InChI=1S/C13H17BrFNO2/c1-9(2)16(7-6-14)13(17)11-5-4-10(18-3)8-12(11)15/h4-5,8-9H,6-7H2,1-3H3. The zero-order valence-corrected chi connectivity index (χ0v) is 12.3. The predicted octanol–water partition coefficient (Wildman–Crippen LogP) is 3.08. The minimum Gasteiger partial charge on any atom is -0.497 e. The molecule has 0 aliphatic rings. The lowest BCUT2D eigenvalue weighted by Gasteiger charge is -2.26. The van der Waals surface area contributed by atoms with Crippen LogP contribution < -0.4 is 4.74 Å². The van der Waals surface area contributed by atoms with Crippen molar-refractivity contribution in [2.45, 2.75) is 19.9 Å². The fourth-order valence-electron chi connectivity index (χ4n) is 1.64. The van der Waals surface area contributed by atoms with Crippen LogP contribution in [0.25, 0.3) is 0 Å². The summed E-state index contributed by atoms with van der Waals surface area (Å²) in [5, 5.41) is 0.661. The molecule has 0 N–H and O–H groups in total. The van der Waals surface area contributed by atoms with Crippen LogP contribution in [0.5, 0.6) is 5.75 Å². The van der Waals surface area contributed by atoms with E-state index in [1.807, 2.05) is 13.8 Å². The second-order valence-electron chi connectivity index (χ2n) is 4.13. The zero-order valence-electron chi connectivity index (χ0n) is 10.7. The number of halogens is 2. The molecule has 3 nitrogen and oxygen atoms in total. The van der Waals surface area contributed by atoms with Gasteiger partial charge in [0.05, 0.1) is 12.7 Å². The molecule has 0 heterocycles. The molecule has 0 atom stereocenters. The van der Waals surface area contributed by atoms with Crippen LogP contribution in [0.2, 0.25) is 0 Å². The van der Waals surface area contributed by atoms with E-state index >= 15 is 0 Å². The molecule has 0 aliphatic heterocycles. The Morgan fingerprint density at radius 1 is 1.50 bits per heavy atom. The molecule has 0 saturated heterocycles. The van der Waals surface area contributed by atoms with E-state index in [0.717, 1.165) is 0 Å². The second-order valence-corrected chi connectivity index (χ2v) is 4.92. The maximum absolute atomic E-state index is 13.8. The zero-order chi connectivity index (χ0) is 13.7. The van der Waals surface area contributed by atoms with Crippen molar-refractivity contribution in [3.63, 3.8) is 0 Å². The van der Waals surface area contributed by atoms with Gasteiger partial charge < -0.3 is 9.64 Å². The molecule has 0 unspecified atom stereocenters. The number of hydrogen-bond acceptors (Lipinski definition) is 2. The van der Waals surface area contributed by atoms with Crippen LogP contribution >= 0.6 is 15.9 Å². The van der Waals surface area contributed by atoms with Crippen LogP contribution in [0.3, 0.4) is 0 Å². The summed E-state index contributed by atoms with van der Waals surface area (Å²) in [6.07, 6.45) is 0. The van der Waals surface area contributed by atoms with Gasteiger partial charge in [-0.2, -0.15) is 0 Å². The minimum atomic E-state index is -0.556. The molecule has 0 spiro atoms. The molecular weight excluding hydrogens is 301 g/mol. The van der Waals surface area contributed by atoms with E-state index in [9.17, 15) is 9.18 Å². The Hall–Kier alpha value is -1.10. The van der Waals surface area contributed by atoms with E-state index in [-0.39, 0.29) is 17.5 Å². The first-order valence-corrected chi connectivity index (χ1v) is 6.83. The fraction of sp³-hybridized carbons (Fsp3) is 0.462. The number of hydrogen-bond donors (Lipinski definition) is 0. The average molecular weight is 318 g/mol. The van der Waals surface area contributed by atoms with Gasteiger partial charge in [0.1, 0.15) is 11.6 Å². The lowest BCUT2D eigenvalue weighted by molar-refractivity contribution is 0.0714. The number of amides is 1. The van der Waals surface area contributed by atoms with E-state index in [1.54, 1.807) is 11.0 Å². The summed E-state index contributed by atoms with van der Waals surface area (Å²) in [5.41, 5.74) is 0.0745. The Balaban J connectivity index is 3.01. The molecule has 1 aromatic rings. The lowest BCUT2D eigenvalue weighted by atomic mass is 10.1. The third-order valence-electron chi connectivity index (χ3n) is 2.62. The summed E-state index contributed by atoms with van der Waals surface area (Å²) in [6.45, 7) is 4.35. The van der Waals surface area contributed by atoms with Crippen molar-refractivity contribution in [1.82, 2.24) is 4.90 Å². The number of ether oxygens (including phenoxy) is 1. The van der Waals surface area contributed by atoms with Crippen molar-refractivity contribution in [3.8, 4) is 5.75 Å². The number of methoxy groups -OCH3 is 1. The molecule has 0 saturated carbocycles. The Bertz CT molecular complexity index is 423. The van der Waals surface area contributed by atoms with Crippen LogP contribution in [0, 0.1) is 5.82 Å². The Morgan fingerprint density at radius 3 is 2.61 bits per heavy atom. The third kappa shape index (κ3) is 3.45. The summed E-state index contributed by atoms with van der Waals surface area (Å²) < 4.78 is 18.7. The van der Waals surface area contributed by atoms with Gasteiger partial charge >= 0.3 is 0 Å². The summed E-state index contributed by atoms with van der Waals surface area (Å²) in [4.78, 5) is 13.8. The Morgan fingerprint density at radius 2 is 2.17 bits per heavy atom. The maximum atomic E-state index is 13.8. The molecule has 100 valence electrons. The van der Waals surface area contributed by atoms with E-state index in [4.69, 9.17) is 4.74 Å². The van der Waals surface area contributed by atoms with E-state index in [1.165, 1.54) is 19.2 Å². The SMILES string of the molecule is COc1ccc(C(=O)N(CCBr)C(C)C)c(F)c1. The van der Waals surface area contributed by atoms with Gasteiger partial charge in [-0.05, 0) is 26.0 Å². The molecule has 1 aromatic carbocycles. The number of benzene rings is 1. The summed E-state index contributed by atoms with van der Waals surface area (Å²) in [7, 11) is 1.46. The summed E-state index contributed by atoms with van der Waals surface area (Å²) in [6, 6.07) is 4.29. The third-order valence-corrected chi connectivity index (χ3v) is 2.97. The van der Waals surface area contributed by atoms with Gasteiger partial charge in [0.2, 0.25) is 0 Å². The van der Waals surface area contributed by atoms with Crippen molar-refractivity contribution in [3.05, 3.63) is 29.6 Å². The predicted molar refractivity (Wildman–Crippen MR) is 72.9 cm³/mol. The van der Waals surface area contributed by atoms with Gasteiger partial charge in [0.15, 0.2) is 0 Å². The smallest absolute Gasteiger partial charge is 0.257 e. The summed E-state index contributed by atoms with van der Waals surface area (Å²) in [5.74, 6) is -0.454. The summed E-state index contributed by atoms with van der Waals surface area (Å²) >= 11 is 3.29. The topological polar surface area (TPSA) is 29.5 Å². The van der Waals surface area contributed by atoms with E-state index in [0.29, 0.717) is 17.6 Å². The van der Waals surface area contributed by atoms with Crippen LogP contribution in [0.4, 0.5) is 4.39 Å². The average Bonchev–Trinajstić information content (AvgIpc) is 2.34. The van der Waals surface area contributed by atoms with Gasteiger partial charge in [-0.1, -0.05) is 15.9 Å². The maximum Gasteiger partial charge on any atom is 0.257 e. The number of alkyl halides is 1. The number of carbonyl (C=O) groups excluding carboxylic acids is 1. The lowest BCUT2D eigenvalue weighted by Crippen LogP contribution is -2.38. The van der Waals surface area contributed by atoms with E-state index < -0.39 is 5.82 Å². The quantitative estimate of drug-likeness (QED) is 0.781. The highest BCUT2D eigenvalue weighted by Crippen LogP contribution is 2.18. The van der Waals surface area contributed by atoms with Crippen molar-refractivity contribution < 1.29 is 13.9 Å². The molecule has 0 aliphatic carbocycles. The first-order chi connectivity index (χ1) is 8.51. The molecule has 0 radical (unpaired) electrons. The monoisotopic (exact) mass is 317 g/mol. The highest BCUT2D eigenvalue weighted by atomic mass is 79.9. The van der Waals surface area contributed by atoms with Gasteiger partial charge in [0, 0.05) is 24.0 Å². The largest absolute Gasteiger partial charge is 0.497 e. The number of carbonyl (C=O) groups is 1. The normalized spacial score (nSPS) is 10.6. The number of nitrogens with zero attached hydrogens (tertiary/aromatic N) is 1. The molecule has 1 rings (SSSR count). The second kappa shape index (κ2) is 6.73. The van der Waals surface area contributed by atoms with Gasteiger partial charge in [-0.15, -0.1) is 0 Å². The molecule has 0 bridgehead atoms. The fourth-order valence-corrected chi connectivity index (χ4v) is 2.02. The van der Waals surface area contributed by atoms with Crippen molar-refractivity contribution in [2.75, 3.05) is 19.0 Å². The van der Waals surface area contributed by atoms with Crippen molar-refractivity contribution in [2.24, 2.45) is 0 Å². The molecule has 0 aromatic heterocycles. The molecule has 0 fully saturated rings. The molecule has 5 heteroatoms. The molecule has 1 amide bonds. The Labute approximate surface area is 115 Å². The van der Waals surface area contributed by atoms with Gasteiger partial charge in [0.25, 0.3) is 5.91 Å². The van der Waals surface area contributed by atoms with Crippen LogP contribution in [-0.4, -0.2) is 35.8 Å².